The van der Waals surface area contributed by atoms with Crippen molar-refractivity contribution in [1.29, 1.82) is 0 Å². The van der Waals surface area contributed by atoms with Crippen LogP contribution in [0.2, 0.25) is 0 Å². The van der Waals surface area contributed by atoms with Crippen LogP contribution in [0.15, 0.2) is 342 Å². The van der Waals surface area contributed by atoms with Gasteiger partial charge < -0.3 is 0 Å². The van der Waals surface area contributed by atoms with Crippen molar-refractivity contribution in [2.45, 2.75) is 51.4 Å². The molecule has 0 radical (unpaired) electrons. The van der Waals surface area contributed by atoms with Gasteiger partial charge in [-0.25, -0.2) is 19.9 Å². The van der Waals surface area contributed by atoms with Gasteiger partial charge in [-0.15, -0.1) is 0 Å². The minimum Gasteiger partial charge on any atom is -0.290 e. The van der Waals surface area contributed by atoms with Crippen LogP contribution in [0.5, 0.6) is 0 Å². The second-order valence-electron chi connectivity index (χ2n) is 39.0. The third-order valence-corrected chi connectivity index (χ3v) is 31.8. The van der Waals surface area contributed by atoms with Gasteiger partial charge >= 0.3 is 0 Å². The molecule has 8 aliphatic carbocycles. The van der Waals surface area contributed by atoms with Crippen molar-refractivity contribution < 1.29 is 0 Å². The fraction of sp³-hybridized carbons (Fsp3) is 0.0645. The quantitative estimate of drug-likeness (QED) is 0.132. The highest BCUT2D eigenvalue weighted by atomic mass is 15.1. The largest absolute Gasteiger partial charge is 0.290 e. The molecule has 28 aromatic rings. The molecule has 0 aliphatic heterocycles. The standard InChI is InChI=1S/4C31H18N4/c1-2-5-21-17(4-1)10-18-11-19-12-20-13-28-27(15-26(20)25(19)14-24(18)21)34-31-23-6-3-8-33-30(23)22-7-9-32-16-29(22)35(28)31;1-2-5-21-17(4-1)10-18-11-19-12-20-13-28-27(15-26(20)25(19)14-24(18)21)34-31-30-23(6-3-8-33-30)22-7-9-32-16-29(22)35(28)31;1-2-4-21-17(3-1)9-18-10-19-11-20-12-29-28(14-26(20)25(19)13-24(18)21)34-31-23-6-8-32-15-27(23)22-5-7-33-16-30(22)35(29)31;1-2-4-21-17(3-1)9-18-10-19-11-20-12-29-28(14-26(20)25(19)13-24(18)21)34-31-27-15-32-7-5-22(27)23-6-8-33-16-30(23)35(29)31/h2*1-9,11,13-16H,10,12H2;2*1-8,10,12-16H,9,11H2. The molecule has 0 spiro atoms. The average Bonchev–Trinajstić information content (AvgIpc) is 1.57. The monoisotopic (exact) mass is 1780 g/mol. The third kappa shape index (κ3) is 10.5. The predicted molar refractivity (Wildman–Crippen MR) is 559 cm³/mol. The fourth-order valence-electron chi connectivity index (χ4n) is 25.6. The second-order valence-corrected chi connectivity index (χ2v) is 39.0. The summed E-state index contributed by atoms with van der Waals surface area (Å²) in [6, 6.07) is 93.9. The minimum atomic E-state index is 0.892. The van der Waals surface area contributed by atoms with Crippen LogP contribution in [0.3, 0.4) is 0 Å². The van der Waals surface area contributed by atoms with Gasteiger partial charge in [0.05, 0.1) is 96.5 Å². The molecule has 0 atom stereocenters. The summed E-state index contributed by atoms with van der Waals surface area (Å²) < 4.78 is 9.05. The maximum absolute atomic E-state index is 5.16. The Balaban J connectivity index is 0.0000000829. The molecule has 0 unspecified atom stereocenters. The Hall–Kier alpha value is -18.3. The van der Waals surface area contributed by atoms with Gasteiger partial charge in [-0.1, -0.05) is 127 Å². The van der Waals surface area contributed by atoms with E-state index in [1.54, 1.807) is 0 Å². The van der Waals surface area contributed by atoms with E-state index in [1.165, 1.54) is 183 Å². The lowest BCUT2D eigenvalue weighted by Gasteiger charge is -2.08. The molecule has 0 fully saturated rings. The Labute approximate surface area is 796 Å². The molecule has 648 valence electrons. The summed E-state index contributed by atoms with van der Waals surface area (Å²) in [7, 11) is 0. The minimum absolute atomic E-state index is 0.892. The summed E-state index contributed by atoms with van der Waals surface area (Å²) in [6.45, 7) is 0. The van der Waals surface area contributed by atoms with Gasteiger partial charge in [0.25, 0.3) is 0 Å². The highest BCUT2D eigenvalue weighted by Gasteiger charge is 2.34. The lowest BCUT2D eigenvalue weighted by Crippen LogP contribution is -1.94. The molecule has 0 N–H and O–H groups in total. The summed E-state index contributed by atoms with van der Waals surface area (Å²) in [6.07, 6.45) is 34.4. The number of nitrogens with zero attached hydrogens (tertiary/aromatic N) is 16. The zero-order valence-electron chi connectivity index (χ0n) is 75.1. The SMILES string of the molecule is c1ccc2c(c1)Cc1cc3c(cc1-2)-c1cc2nc4c5cccnc5c5ccncc5n4c2cc1C3.c1ccc2c(c1)Cc1cc3c(cc1-2)-c1cc2nc4c5ccncc5c5ccncc5n4c2cc1C3.c1ccc2c(c1)Cc1cc3c(cc1-2)-c1cc2nc4c5cnccc5c5ccncc5n4c2cc1C3.c1ccc2c(c1)Cc1cc3c(cc1-2)-c1cc2nc4c5ncccc5c5ccncc5n4c2cc1C3. The molecule has 16 aromatic heterocycles. The van der Waals surface area contributed by atoms with Gasteiger partial charge in [0.1, 0.15) is 22.5 Å². The van der Waals surface area contributed by atoms with E-state index < -0.39 is 0 Å². The lowest BCUT2D eigenvalue weighted by molar-refractivity contribution is 1.21. The average molecular weight is 1790 g/mol. The molecular formula is C124H72N16. The summed E-state index contributed by atoms with van der Waals surface area (Å²) in [5.74, 6) is 0. The fourth-order valence-corrected chi connectivity index (χ4v) is 25.6. The number of hydrogen-bond acceptors (Lipinski definition) is 12. The summed E-state index contributed by atoms with van der Waals surface area (Å²) in [5.41, 5.74) is 62.9. The van der Waals surface area contributed by atoms with Crippen molar-refractivity contribution >= 4 is 154 Å². The van der Waals surface area contributed by atoms with Gasteiger partial charge in [-0.3, -0.25) is 57.5 Å². The van der Waals surface area contributed by atoms with E-state index in [2.05, 4.69) is 290 Å². The van der Waals surface area contributed by atoms with Crippen molar-refractivity contribution in [3.8, 4) is 89.0 Å². The maximum Gasteiger partial charge on any atom is 0.165 e. The van der Waals surface area contributed by atoms with Gasteiger partial charge in [0.2, 0.25) is 0 Å². The van der Waals surface area contributed by atoms with E-state index in [0.717, 1.165) is 200 Å². The van der Waals surface area contributed by atoms with Gasteiger partial charge in [0.15, 0.2) is 5.65 Å². The first-order valence-electron chi connectivity index (χ1n) is 48.1. The van der Waals surface area contributed by atoms with E-state index in [9.17, 15) is 0 Å². The van der Waals surface area contributed by atoms with Crippen LogP contribution in [0.1, 0.15) is 89.0 Å². The lowest BCUT2D eigenvalue weighted by atomic mass is 9.98. The molecule has 0 amide bonds. The molecule has 36 rings (SSSR count). The van der Waals surface area contributed by atoms with E-state index in [1.807, 2.05) is 98.9 Å². The van der Waals surface area contributed by atoms with E-state index in [0.29, 0.717) is 0 Å². The predicted octanol–water partition coefficient (Wildman–Crippen LogP) is 26.9. The van der Waals surface area contributed by atoms with Crippen LogP contribution < -0.4 is 0 Å². The van der Waals surface area contributed by atoms with Crippen molar-refractivity contribution in [2.24, 2.45) is 0 Å². The number of rotatable bonds is 0. The highest BCUT2D eigenvalue weighted by molar-refractivity contribution is 6.18. The first-order chi connectivity index (χ1) is 69.3. The first kappa shape index (κ1) is 75.1. The first-order valence-corrected chi connectivity index (χ1v) is 48.1. The molecule has 12 aromatic carbocycles. The molecule has 0 saturated carbocycles. The number of aromatic nitrogens is 16. The Morgan fingerprint density at radius 2 is 0.429 bits per heavy atom. The maximum atomic E-state index is 5.16. The Morgan fingerprint density at radius 3 is 0.836 bits per heavy atom. The van der Waals surface area contributed by atoms with Crippen molar-refractivity contribution in [3.05, 3.63) is 431 Å². The molecular weight excluding hydrogens is 1710 g/mol. The topological polar surface area (TPSA) is 172 Å². The van der Waals surface area contributed by atoms with Crippen LogP contribution >= 0.6 is 0 Å². The smallest absolute Gasteiger partial charge is 0.165 e. The van der Waals surface area contributed by atoms with Crippen LogP contribution in [-0.2, 0) is 51.4 Å². The van der Waals surface area contributed by atoms with Crippen molar-refractivity contribution in [2.75, 3.05) is 0 Å². The molecule has 16 heterocycles. The molecule has 16 nitrogen and oxygen atoms in total. The van der Waals surface area contributed by atoms with Crippen LogP contribution in [0, 0.1) is 0 Å². The molecule has 16 heteroatoms. The van der Waals surface area contributed by atoms with E-state index >= 15 is 0 Å². The number of pyridine rings is 12. The molecule has 0 bridgehead atoms. The Morgan fingerprint density at radius 1 is 0.157 bits per heavy atom. The highest BCUT2D eigenvalue weighted by Crippen LogP contribution is 2.53. The van der Waals surface area contributed by atoms with Crippen LogP contribution in [0.25, 0.3) is 243 Å². The van der Waals surface area contributed by atoms with E-state index in [-0.39, 0.29) is 0 Å². The van der Waals surface area contributed by atoms with Gasteiger partial charge in [-0.05, 0) is 362 Å². The normalized spacial score (nSPS) is 13.5. The zero-order chi connectivity index (χ0) is 90.7. The zero-order valence-corrected chi connectivity index (χ0v) is 75.1. The third-order valence-electron chi connectivity index (χ3n) is 31.8. The number of fused-ring (bicyclic) bond motifs is 56. The number of imidazole rings is 4. The van der Waals surface area contributed by atoms with Crippen LogP contribution in [0.4, 0.5) is 0 Å². The van der Waals surface area contributed by atoms with Crippen molar-refractivity contribution in [3.63, 3.8) is 0 Å². The summed E-state index contributed by atoms with van der Waals surface area (Å²) in [5, 5.41) is 11.2. The summed E-state index contributed by atoms with van der Waals surface area (Å²) >= 11 is 0. The van der Waals surface area contributed by atoms with Gasteiger partial charge in [-0.2, -0.15) is 0 Å². The van der Waals surface area contributed by atoms with Crippen LogP contribution in [-0.4, -0.2) is 77.4 Å². The second kappa shape index (κ2) is 27.7. The van der Waals surface area contributed by atoms with E-state index in [4.69, 9.17) is 29.9 Å². The van der Waals surface area contributed by atoms with Gasteiger partial charge in [0, 0.05) is 110 Å². The van der Waals surface area contributed by atoms with Crippen molar-refractivity contribution in [1.82, 2.24) is 77.4 Å². The molecule has 8 aliphatic rings. The Kier molecular flexibility index (Phi) is 14.9. The summed E-state index contributed by atoms with van der Waals surface area (Å²) in [4.78, 5) is 56.6. The molecule has 0 saturated heterocycles. The number of benzene rings is 12. The Bertz CT molecular complexity index is 9460. The molecule has 140 heavy (non-hydrogen) atoms. The number of hydrogen-bond donors (Lipinski definition) is 0.